The van der Waals surface area contributed by atoms with Crippen molar-refractivity contribution in [3.05, 3.63) is 11.6 Å². The molecule has 0 amide bonds. The zero-order valence-electron chi connectivity index (χ0n) is 12.8. The molecule has 0 fully saturated rings. The van der Waals surface area contributed by atoms with E-state index in [1.54, 1.807) is 0 Å². The molecule has 0 saturated heterocycles. The first-order valence-electron chi connectivity index (χ1n) is 7.00. The summed E-state index contributed by atoms with van der Waals surface area (Å²) in [6.45, 7) is 4.61. The molecule has 0 radical (unpaired) electrons. The Labute approximate surface area is 121 Å². The monoisotopic (exact) mass is 288 g/mol. The molecule has 0 aromatic rings. The third kappa shape index (κ3) is 7.62. The summed E-state index contributed by atoms with van der Waals surface area (Å²) in [5, 5.41) is 27.4. The minimum atomic E-state index is -1.15. The average Bonchev–Trinajstić information content (AvgIpc) is 2.40. The molecule has 5 heteroatoms. The van der Waals surface area contributed by atoms with Crippen LogP contribution in [0.3, 0.4) is 0 Å². The highest BCUT2D eigenvalue weighted by Gasteiger charge is 2.30. The van der Waals surface area contributed by atoms with E-state index in [4.69, 9.17) is 20.1 Å². The molecule has 0 saturated carbocycles. The molecule has 0 aromatic carbocycles. The van der Waals surface area contributed by atoms with Gasteiger partial charge < -0.3 is 20.1 Å². The number of carbonyl (C=O) groups excluding carboxylic acids is 1. The van der Waals surface area contributed by atoms with Gasteiger partial charge in [-0.05, 0) is 32.6 Å². The number of aliphatic hydroxyl groups excluding tert-OH is 3. The quantitative estimate of drug-likeness (QED) is 0.416. The third-order valence-corrected chi connectivity index (χ3v) is 3.27. The van der Waals surface area contributed by atoms with E-state index in [9.17, 15) is 4.79 Å². The van der Waals surface area contributed by atoms with Crippen LogP contribution in [0.4, 0.5) is 0 Å². The standard InChI is InChI=1S/C15H28O5/c1-12(2)5-4-6-13(3)7-14(19)20-11-15(8-16,9-17)10-18/h5,13,16-18H,4,6-11H2,1-3H3. The lowest BCUT2D eigenvalue weighted by Gasteiger charge is -2.26. The molecule has 5 nitrogen and oxygen atoms in total. The summed E-state index contributed by atoms with van der Waals surface area (Å²) in [4.78, 5) is 11.7. The Kier molecular flexibility index (Phi) is 9.46. The van der Waals surface area contributed by atoms with Crippen molar-refractivity contribution >= 4 is 5.97 Å². The average molecular weight is 288 g/mol. The highest BCUT2D eigenvalue weighted by atomic mass is 16.5. The molecule has 3 N–H and O–H groups in total. The molecule has 20 heavy (non-hydrogen) atoms. The number of aliphatic hydroxyl groups is 3. The number of hydrogen-bond donors (Lipinski definition) is 3. The Morgan fingerprint density at radius 3 is 2.20 bits per heavy atom. The molecular formula is C15H28O5. The number of esters is 1. The smallest absolute Gasteiger partial charge is 0.306 e. The predicted octanol–water partition coefficient (Wildman–Crippen LogP) is 1.27. The van der Waals surface area contributed by atoms with Crippen LogP contribution < -0.4 is 0 Å². The zero-order valence-corrected chi connectivity index (χ0v) is 12.8. The fourth-order valence-corrected chi connectivity index (χ4v) is 1.62. The summed E-state index contributed by atoms with van der Waals surface area (Å²) in [6, 6.07) is 0. The van der Waals surface area contributed by atoms with Crippen molar-refractivity contribution < 1.29 is 24.9 Å². The lowest BCUT2D eigenvalue weighted by Crippen LogP contribution is -2.39. The van der Waals surface area contributed by atoms with Crippen molar-refractivity contribution in [2.75, 3.05) is 26.4 Å². The molecule has 118 valence electrons. The van der Waals surface area contributed by atoms with Crippen molar-refractivity contribution in [3.8, 4) is 0 Å². The minimum Gasteiger partial charge on any atom is -0.465 e. The van der Waals surface area contributed by atoms with Crippen LogP contribution in [0.15, 0.2) is 11.6 Å². The van der Waals surface area contributed by atoms with Crippen molar-refractivity contribution in [3.63, 3.8) is 0 Å². The summed E-state index contributed by atoms with van der Waals surface area (Å²) in [6.07, 6.45) is 4.28. The van der Waals surface area contributed by atoms with Crippen LogP contribution in [-0.2, 0) is 9.53 Å². The van der Waals surface area contributed by atoms with Gasteiger partial charge >= 0.3 is 5.97 Å². The second-order valence-electron chi connectivity index (χ2n) is 5.80. The number of ether oxygens (including phenoxy) is 1. The van der Waals surface area contributed by atoms with E-state index in [1.807, 2.05) is 20.8 Å². The topological polar surface area (TPSA) is 87.0 Å². The van der Waals surface area contributed by atoms with Gasteiger partial charge in [-0.15, -0.1) is 0 Å². The van der Waals surface area contributed by atoms with Crippen LogP contribution in [0.2, 0.25) is 0 Å². The Bertz CT molecular complexity index is 295. The Morgan fingerprint density at radius 2 is 1.75 bits per heavy atom. The Hall–Kier alpha value is -0.910. The molecule has 0 aliphatic carbocycles. The minimum absolute atomic E-state index is 0.171. The summed E-state index contributed by atoms with van der Waals surface area (Å²) >= 11 is 0. The van der Waals surface area contributed by atoms with E-state index in [1.165, 1.54) is 5.57 Å². The highest BCUT2D eigenvalue weighted by molar-refractivity contribution is 5.69. The molecular weight excluding hydrogens is 260 g/mol. The van der Waals surface area contributed by atoms with Crippen molar-refractivity contribution in [2.24, 2.45) is 11.3 Å². The van der Waals surface area contributed by atoms with E-state index in [0.717, 1.165) is 12.8 Å². The fraction of sp³-hybridized carbons (Fsp3) is 0.800. The lowest BCUT2D eigenvalue weighted by atomic mass is 9.92. The SMILES string of the molecule is CC(C)=CCCC(C)CC(=O)OCC(CO)(CO)CO. The Morgan fingerprint density at radius 1 is 1.20 bits per heavy atom. The summed E-state index contributed by atoms with van der Waals surface area (Å²) < 4.78 is 5.04. The predicted molar refractivity (Wildman–Crippen MR) is 77.1 cm³/mol. The Balaban J connectivity index is 4.07. The van der Waals surface area contributed by atoms with E-state index in [0.29, 0.717) is 6.42 Å². The van der Waals surface area contributed by atoms with Gasteiger partial charge in [0.15, 0.2) is 0 Å². The molecule has 0 aliphatic rings. The maximum atomic E-state index is 11.7. The van der Waals surface area contributed by atoms with Gasteiger partial charge in [-0.3, -0.25) is 4.79 Å². The largest absolute Gasteiger partial charge is 0.465 e. The second-order valence-corrected chi connectivity index (χ2v) is 5.80. The van der Waals surface area contributed by atoms with Gasteiger partial charge in [-0.25, -0.2) is 0 Å². The second kappa shape index (κ2) is 9.91. The van der Waals surface area contributed by atoms with E-state index in [2.05, 4.69) is 6.08 Å². The lowest BCUT2D eigenvalue weighted by molar-refractivity contribution is -0.152. The maximum Gasteiger partial charge on any atom is 0.306 e. The molecule has 0 bridgehead atoms. The summed E-state index contributed by atoms with van der Waals surface area (Å²) in [5.41, 5.74) is 0.111. The van der Waals surface area contributed by atoms with Gasteiger partial charge in [-0.2, -0.15) is 0 Å². The van der Waals surface area contributed by atoms with Crippen molar-refractivity contribution in [1.29, 1.82) is 0 Å². The molecule has 0 spiro atoms. The first kappa shape index (κ1) is 19.1. The van der Waals surface area contributed by atoms with Gasteiger partial charge in [0.1, 0.15) is 6.61 Å². The van der Waals surface area contributed by atoms with Crippen LogP contribution in [0.5, 0.6) is 0 Å². The maximum absolute atomic E-state index is 11.7. The number of hydrogen-bond acceptors (Lipinski definition) is 5. The molecule has 0 aliphatic heterocycles. The summed E-state index contributed by atoms with van der Waals surface area (Å²) in [5.74, 6) is -0.153. The molecule has 1 unspecified atom stereocenters. The van der Waals surface area contributed by atoms with Gasteiger partial charge in [0.05, 0.1) is 25.2 Å². The fourth-order valence-electron chi connectivity index (χ4n) is 1.62. The summed E-state index contributed by atoms with van der Waals surface area (Å²) in [7, 11) is 0. The number of allylic oxidation sites excluding steroid dienone is 2. The third-order valence-electron chi connectivity index (χ3n) is 3.27. The molecule has 0 rings (SSSR count). The first-order valence-corrected chi connectivity index (χ1v) is 7.00. The van der Waals surface area contributed by atoms with Crippen LogP contribution in [0, 0.1) is 11.3 Å². The van der Waals surface area contributed by atoms with E-state index >= 15 is 0 Å². The van der Waals surface area contributed by atoms with E-state index < -0.39 is 25.2 Å². The van der Waals surface area contributed by atoms with Crippen molar-refractivity contribution in [2.45, 2.75) is 40.0 Å². The van der Waals surface area contributed by atoms with Gasteiger partial charge in [0.2, 0.25) is 0 Å². The van der Waals surface area contributed by atoms with Gasteiger partial charge in [-0.1, -0.05) is 18.6 Å². The van der Waals surface area contributed by atoms with Crippen LogP contribution in [-0.4, -0.2) is 47.7 Å². The highest BCUT2D eigenvalue weighted by Crippen LogP contribution is 2.17. The first-order chi connectivity index (χ1) is 9.39. The normalized spacial score (nSPS) is 12.9. The molecule has 1 atom stereocenters. The van der Waals surface area contributed by atoms with E-state index in [-0.39, 0.29) is 18.5 Å². The molecule has 0 aromatic heterocycles. The van der Waals surface area contributed by atoms with Gasteiger partial charge in [0, 0.05) is 6.42 Å². The van der Waals surface area contributed by atoms with Crippen LogP contribution in [0.1, 0.15) is 40.0 Å². The number of carbonyl (C=O) groups is 1. The molecule has 0 heterocycles. The number of rotatable bonds is 10. The zero-order chi connectivity index (χ0) is 15.6. The van der Waals surface area contributed by atoms with Gasteiger partial charge in [0.25, 0.3) is 0 Å². The van der Waals surface area contributed by atoms with Crippen LogP contribution in [0.25, 0.3) is 0 Å². The van der Waals surface area contributed by atoms with Crippen LogP contribution >= 0.6 is 0 Å². The van der Waals surface area contributed by atoms with Crippen molar-refractivity contribution in [1.82, 2.24) is 0 Å².